The lowest BCUT2D eigenvalue weighted by Gasteiger charge is -2.30. The van der Waals surface area contributed by atoms with Gasteiger partial charge in [-0.15, -0.1) is 0 Å². The van der Waals surface area contributed by atoms with Crippen molar-refractivity contribution in [2.45, 2.75) is 32.9 Å². The van der Waals surface area contributed by atoms with E-state index in [1.165, 1.54) is 0 Å². The molecular formula is C21H28N4O3. The fraction of sp³-hybridized carbons (Fsp3) is 0.429. The van der Waals surface area contributed by atoms with Gasteiger partial charge in [0, 0.05) is 26.5 Å². The third kappa shape index (κ3) is 4.36. The standard InChI is InChI=1S/C21H28N4O3/c1-16-14-24(15-22-16)18-9-7-17(13-19(18)27-5)8-10-20-23-28-21(2,3)25(20)11-6-12-26-4/h7-10,13-15H,6,11-12H2,1-5H3/b10-8+. The minimum absolute atomic E-state index is 0.464. The van der Waals surface area contributed by atoms with Gasteiger partial charge in [0.15, 0.2) is 5.84 Å². The lowest BCUT2D eigenvalue weighted by Crippen LogP contribution is -2.44. The normalized spacial score (nSPS) is 15.8. The summed E-state index contributed by atoms with van der Waals surface area (Å²) in [6.07, 6.45) is 8.64. The summed E-state index contributed by atoms with van der Waals surface area (Å²) in [6.45, 7) is 7.50. The van der Waals surface area contributed by atoms with E-state index in [4.69, 9.17) is 14.3 Å². The molecule has 0 atom stereocenters. The second kappa shape index (κ2) is 8.48. The maximum absolute atomic E-state index is 5.60. The Morgan fingerprint density at radius 1 is 1.21 bits per heavy atom. The Labute approximate surface area is 166 Å². The van der Waals surface area contributed by atoms with Crippen molar-refractivity contribution < 1.29 is 14.3 Å². The highest BCUT2D eigenvalue weighted by atomic mass is 16.7. The second-order valence-corrected chi connectivity index (χ2v) is 7.17. The van der Waals surface area contributed by atoms with E-state index in [1.807, 2.05) is 61.9 Å². The van der Waals surface area contributed by atoms with Crippen molar-refractivity contribution in [3.8, 4) is 11.4 Å². The molecule has 7 heteroatoms. The van der Waals surface area contributed by atoms with Crippen LogP contribution in [0.25, 0.3) is 11.8 Å². The molecule has 0 bridgehead atoms. The zero-order valence-corrected chi connectivity index (χ0v) is 17.2. The van der Waals surface area contributed by atoms with E-state index >= 15 is 0 Å². The number of benzene rings is 1. The van der Waals surface area contributed by atoms with Crippen molar-refractivity contribution in [1.82, 2.24) is 14.5 Å². The number of aromatic nitrogens is 2. The number of imidazole rings is 1. The molecule has 28 heavy (non-hydrogen) atoms. The molecule has 7 nitrogen and oxygen atoms in total. The summed E-state index contributed by atoms with van der Waals surface area (Å²) in [5, 5.41) is 4.25. The highest BCUT2D eigenvalue weighted by Crippen LogP contribution is 2.27. The first-order valence-corrected chi connectivity index (χ1v) is 9.34. The summed E-state index contributed by atoms with van der Waals surface area (Å²) < 4.78 is 12.7. The second-order valence-electron chi connectivity index (χ2n) is 7.17. The number of oxime groups is 1. The third-order valence-electron chi connectivity index (χ3n) is 4.64. The first-order valence-electron chi connectivity index (χ1n) is 9.34. The summed E-state index contributed by atoms with van der Waals surface area (Å²) in [4.78, 5) is 12.0. The molecule has 2 aromatic rings. The Morgan fingerprint density at radius 2 is 2.04 bits per heavy atom. The molecule has 0 N–H and O–H groups in total. The van der Waals surface area contributed by atoms with Gasteiger partial charge in [0.1, 0.15) is 5.75 Å². The maximum atomic E-state index is 5.60. The fourth-order valence-corrected chi connectivity index (χ4v) is 3.14. The number of nitrogens with zero attached hydrogens (tertiary/aromatic N) is 4. The highest BCUT2D eigenvalue weighted by Gasteiger charge is 2.35. The van der Waals surface area contributed by atoms with E-state index in [9.17, 15) is 0 Å². The number of amidine groups is 1. The number of rotatable bonds is 8. The van der Waals surface area contributed by atoms with Crippen LogP contribution in [-0.4, -0.2) is 53.4 Å². The van der Waals surface area contributed by atoms with Gasteiger partial charge in [-0.05, 0) is 51.0 Å². The van der Waals surface area contributed by atoms with Crippen molar-refractivity contribution in [3.05, 3.63) is 48.1 Å². The van der Waals surface area contributed by atoms with Gasteiger partial charge in [-0.25, -0.2) is 4.98 Å². The summed E-state index contributed by atoms with van der Waals surface area (Å²) in [5.41, 5.74) is 2.46. The number of aryl methyl sites for hydroxylation is 1. The maximum Gasteiger partial charge on any atom is 0.205 e. The lowest BCUT2D eigenvalue weighted by atomic mass is 10.1. The van der Waals surface area contributed by atoms with Crippen molar-refractivity contribution in [2.24, 2.45) is 5.16 Å². The van der Waals surface area contributed by atoms with Crippen LogP contribution in [0.3, 0.4) is 0 Å². The molecule has 1 aliphatic rings. The zero-order valence-electron chi connectivity index (χ0n) is 17.2. The molecule has 0 saturated carbocycles. The van der Waals surface area contributed by atoms with Crippen LogP contribution < -0.4 is 4.74 Å². The molecule has 0 aliphatic carbocycles. The Kier molecular flexibility index (Phi) is 6.04. The minimum atomic E-state index is -0.464. The van der Waals surface area contributed by atoms with E-state index in [0.29, 0.717) is 6.61 Å². The van der Waals surface area contributed by atoms with Crippen LogP contribution in [0.5, 0.6) is 5.75 Å². The smallest absolute Gasteiger partial charge is 0.205 e. The Balaban J connectivity index is 1.78. The summed E-state index contributed by atoms with van der Waals surface area (Å²) >= 11 is 0. The Hall–Kier alpha value is -2.80. The summed E-state index contributed by atoms with van der Waals surface area (Å²) in [5.74, 6) is 1.58. The van der Waals surface area contributed by atoms with Crippen LogP contribution in [0.2, 0.25) is 0 Å². The minimum Gasteiger partial charge on any atom is -0.495 e. The van der Waals surface area contributed by atoms with Crippen molar-refractivity contribution >= 4 is 11.9 Å². The molecule has 1 aromatic carbocycles. The van der Waals surface area contributed by atoms with Crippen LogP contribution in [0.15, 0.2) is 42.0 Å². The van der Waals surface area contributed by atoms with Gasteiger partial charge in [-0.1, -0.05) is 17.3 Å². The molecule has 0 unspecified atom stereocenters. The first kappa shape index (κ1) is 19.9. The van der Waals surface area contributed by atoms with E-state index in [2.05, 4.69) is 15.0 Å². The SMILES string of the molecule is COCCCN1C(/C=C/c2ccc(-n3cnc(C)c3)c(OC)c2)=NOC1(C)C. The number of hydrogen-bond acceptors (Lipinski definition) is 6. The highest BCUT2D eigenvalue weighted by molar-refractivity contribution is 5.97. The Bertz CT molecular complexity index is 870. The molecule has 2 heterocycles. The molecular weight excluding hydrogens is 356 g/mol. The van der Waals surface area contributed by atoms with Gasteiger partial charge < -0.3 is 23.8 Å². The molecule has 0 spiro atoms. The molecule has 0 amide bonds. The largest absolute Gasteiger partial charge is 0.495 e. The number of methoxy groups -OCH3 is 2. The van der Waals surface area contributed by atoms with Crippen LogP contribution >= 0.6 is 0 Å². The third-order valence-corrected chi connectivity index (χ3v) is 4.64. The first-order chi connectivity index (χ1) is 13.4. The van der Waals surface area contributed by atoms with Crippen LogP contribution in [0.1, 0.15) is 31.5 Å². The van der Waals surface area contributed by atoms with Crippen molar-refractivity contribution in [3.63, 3.8) is 0 Å². The van der Waals surface area contributed by atoms with Crippen molar-refractivity contribution in [1.29, 1.82) is 0 Å². The number of ether oxygens (including phenoxy) is 2. The molecule has 1 aliphatic heterocycles. The fourth-order valence-electron chi connectivity index (χ4n) is 3.14. The zero-order chi connectivity index (χ0) is 20.1. The quantitative estimate of drug-likeness (QED) is 0.651. The van der Waals surface area contributed by atoms with Crippen molar-refractivity contribution in [2.75, 3.05) is 27.4 Å². The van der Waals surface area contributed by atoms with Gasteiger partial charge in [0.2, 0.25) is 5.72 Å². The van der Waals surface area contributed by atoms with Gasteiger partial charge in [-0.3, -0.25) is 0 Å². The summed E-state index contributed by atoms with van der Waals surface area (Å²) in [7, 11) is 3.38. The predicted molar refractivity (Wildman–Crippen MR) is 110 cm³/mol. The Morgan fingerprint density at radius 3 is 2.71 bits per heavy atom. The monoisotopic (exact) mass is 384 g/mol. The topological polar surface area (TPSA) is 61.1 Å². The van der Waals surface area contributed by atoms with Crippen LogP contribution in [0.4, 0.5) is 0 Å². The molecule has 0 radical (unpaired) electrons. The molecule has 1 aromatic heterocycles. The molecule has 0 saturated heterocycles. The van der Waals surface area contributed by atoms with Crippen LogP contribution in [-0.2, 0) is 9.57 Å². The van der Waals surface area contributed by atoms with E-state index < -0.39 is 5.72 Å². The van der Waals surface area contributed by atoms with E-state index in [0.717, 1.165) is 41.5 Å². The molecule has 3 rings (SSSR count). The lowest BCUT2D eigenvalue weighted by molar-refractivity contribution is -0.0696. The van der Waals surface area contributed by atoms with Crippen LogP contribution in [0, 0.1) is 6.92 Å². The van der Waals surface area contributed by atoms with Gasteiger partial charge in [0.05, 0.1) is 24.8 Å². The number of hydrogen-bond donors (Lipinski definition) is 0. The van der Waals surface area contributed by atoms with E-state index in [-0.39, 0.29) is 0 Å². The van der Waals surface area contributed by atoms with Gasteiger partial charge in [-0.2, -0.15) is 0 Å². The van der Waals surface area contributed by atoms with Gasteiger partial charge >= 0.3 is 0 Å². The average molecular weight is 384 g/mol. The molecule has 0 fully saturated rings. The van der Waals surface area contributed by atoms with Gasteiger partial charge in [0.25, 0.3) is 0 Å². The summed E-state index contributed by atoms with van der Waals surface area (Å²) in [6, 6.07) is 6.06. The molecule has 150 valence electrons. The average Bonchev–Trinajstić information content (AvgIpc) is 3.23. The van der Waals surface area contributed by atoms with E-state index in [1.54, 1.807) is 20.5 Å². The predicted octanol–water partition coefficient (Wildman–Crippen LogP) is 3.62.